The minimum atomic E-state index is 0.769. The molecule has 0 aromatic carbocycles. The van der Waals surface area contributed by atoms with Crippen LogP contribution in [0.4, 0.5) is 5.13 Å². The van der Waals surface area contributed by atoms with Crippen LogP contribution in [-0.4, -0.2) is 31.2 Å². The van der Waals surface area contributed by atoms with Crippen molar-refractivity contribution in [3.05, 3.63) is 21.7 Å². The lowest BCUT2D eigenvalue weighted by atomic mass is 10.2. The third-order valence-electron chi connectivity index (χ3n) is 2.68. The number of anilines is 1. The fraction of sp³-hybridized carbons (Fsp3) is 0.444. The van der Waals surface area contributed by atoms with E-state index < -0.39 is 0 Å². The van der Waals surface area contributed by atoms with Crippen molar-refractivity contribution >= 4 is 28.1 Å². The lowest BCUT2D eigenvalue weighted by Crippen LogP contribution is -2.26. The van der Waals surface area contributed by atoms with Gasteiger partial charge in [0.2, 0.25) is 0 Å². The van der Waals surface area contributed by atoms with Gasteiger partial charge in [-0.15, -0.1) is 0 Å². The van der Waals surface area contributed by atoms with Gasteiger partial charge in [-0.2, -0.15) is 0 Å². The van der Waals surface area contributed by atoms with Crippen molar-refractivity contribution in [1.29, 1.82) is 0 Å². The lowest BCUT2D eigenvalue weighted by molar-refractivity contribution is 0.803. The molecule has 0 fully saturated rings. The van der Waals surface area contributed by atoms with E-state index in [0.29, 0.717) is 0 Å². The SMILES string of the molecule is Clc1cnc(N2CC3=C(CNC3)C2)s1. The average molecular weight is 228 g/mol. The summed E-state index contributed by atoms with van der Waals surface area (Å²) in [6, 6.07) is 0. The monoisotopic (exact) mass is 227 g/mol. The second-order valence-corrected chi connectivity index (χ2v) is 5.25. The van der Waals surface area contributed by atoms with Crippen LogP contribution in [0.3, 0.4) is 0 Å². The maximum atomic E-state index is 5.86. The first-order valence-corrected chi connectivity index (χ1v) is 5.79. The molecule has 0 saturated carbocycles. The van der Waals surface area contributed by atoms with Crippen LogP contribution in [0.5, 0.6) is 0 Å². The van der Waals surface area contributed by atoms with Gasteiger partial charge in [-0.3, -0.25) is 0 Å². The van der Waals surface area contributed by atoms with Gasteiger partial charge in [0, 0.05) is 26.2 Å². The molecule has 0 saturated heterocycles. The van der Waals surface area contributed by atoms with Gasteiger partial charge in [0.15, 0.2) is 5.13 Å². The molecule has 0 radical (unpaired) electrons. The van der Waals surface area contributed by atoms with E-state index in [9.17, 15) is 0 Å². The second-order valence-electron chi connectivity index (χ2n) is 3.61. The predicted molar refractivity (Wildman–Crippen MR) is 59.2 cm³/mol. The van der Waals surface area contributed by atoms with Gasteiger partial charge in [-0.25, -0.2) is 4.98 Å². The molecule has 1 aromatic heterocycles. The van der Waals surface area contributed by atoms with E-state index >= 15 is 0 Å². The van der Waals surface area contributed by atoms with Crippen LogP contribution in [-0.2, 0) is 0 Å². The molecule has 2 aliphatic heterocycles. The minimum absolute atomic E-state index is 0.769. The quantitative estimate of drug-likeness (QED) is 0.738. The zero-order chi connectivity index (χ0) is 9.54. The highest BCUT2D eigenvalue weighted by molar-refractivity contribution is 7.19. The van der Waals surface area contributed by atoms with Crippen LogP contribution in [0.25, 0.3) is 0 Å². The van der Waals surface area contributed by atoms with E-state index in [4.69, 9.17) is 11.6 Å². The van der Waals surface area contributed by atoms with Crippen molar-refractivity contribution in [2.45, 2.75) is 0 Å². The Bertz CT molecular complexity index is 383. The Morgan fingerprint density at radius 2 is 2.07 bits per heavy atom. The Kier molecular flexibility index (Phi) is 2.00. The van der Waals surface area contributed by atoms with Gasteiger partial charge < -0.3 is 10.2 Å². The van der Waals surface area contributed by atoms with Crippen LogP contribution < -0.4 is 10.2 Å². The smallest absolute Gasteiger partial charge is 0.187 e. The molecule has 3 rings (SSSR count). The predicted octanol–water partition coefficient (Wildman–Crippen LogP) is 1.52. The zero-order valence-electron chi connectivity index (χ0n) is 7.59. The molecule has 74 valence electrons. The van der Waals surface area contributed by atoms with Crippen molar-refractivity contribution in [3.63, 3.8) is 0 Å². The summed E-state index contributed by atoms with van der Waals surface area (Å²) in [5.74, 6) is 0. The van der Waals surface area contributed by atoms with E-state index in [2.05, 4.69) is 15.2 Å². The van der Waals surface area contributed by atoms with Crippen LogP contribution >= 0.6 is 22.9 Å². The first-order valence-electron chi connectivity index (χ1n) is 4.60. The van der Waals surface area contributed by atoms with Gasteiger partial charge in [0.25, 0.3) is 0 Å². The Balaban J connectivity index is 1.79. The molecule has 0 atom stereocenters. The molecule has 1 N–H and O–H groups in total. The van der Waals surface area contributed by atoms with Crippen molar-refractivity contribution < 1.29 is 0 Å². The van der Waals surface area contributed by atoms with E-state index in [1.54, 1.807) is 17.5 Å². The number of thiazole rings is 1. The molecule has 0 bridgehead atoms. The molecule has 0 aliphatic carbocycles. The fourth-order valence-electron chi connectivity index (χ4n) is 1.99. The molecular formula is C9H10ClN3S. The molecule has 14 heavy (non-hydrogen) atoms. The third-order valence-corrected chi connectivity index (χ3v) is 3.85. The number of hydrogen-bond acceptors (Lipinski definition) is 4. The lowest BCUT2D eigenvalue weighted by Gasteiger charge is -2.16. The first kappa shape index (κ1) is 8.71. The summed E-state index contributed by atoms with van der Waals surface area (Å²) < 4.78 is 0.769. The fourth-order valence-corrected chi connectivity index (χ4v) is 2.89. The number of aromatic nitrogens is 1. The summed E-state index contributed by atoms with van der Waals surface area (Å²) in [4.78, 5) is 6.58. The molecule has 0 amide bonds. The molecule has 2 aliphatic rings. The molecule has 3 heterocycles. The van der Waals surface area contributed by atoms with Gasteiger partial charge in [0.05, 0.1) is 6.20 Å². The van der Waals surface area contributed by atoms with Crippen molar-refractivity contribution in [1.82, 2.24) is 10.3 Å². The molecule has 5 heteroatoms. The summed E-state index contributed by atoms with van der Waals surface area (Å²) in [6.07, 6.45) is 1.73. The van der Waals surface area contributed by atoms with Gasteiger partial charge in [-0.05, 0) is 11.1 Å². The topological polar surface area (TPSA) is 28.2 Å². The highest BCUT2D eigenvalue weighted by atomic mass is 35.5. The van der Waals surface area contributed by atoms with Gasteiger partial charge in [0.1, 0.15) is 4.34 Å². The molecule has 1 aromatic rings. The van der Waals surface area contributed by atoms with Crippen LogP contribution in [0.2, 0.25) is 4.34 Å². The standard InChI is InChI=1S/C9H10ClN3S/c10-8-3-12-9(14-8)13-4-6-1-11-2-7(6)5-13/h3,11H,1-2,4-5H2. The van der Waals surface area contributed by atoms with Gasteiger partial charge in [-0.1, -0.05) is 22.9 Å². The number of nitrogens with zero attached hydrogens (tertiary/aromatic N) is 2. The van der Waals surface area contributed by atoms with Crippen molar-refractivity contribution in [3.8, 4) is 0 Å². The summed E-state index contributed by atoms with van der Waals surface area (Å²) in [7, 11) is 0. The molecule has 3 nitrogen and oxygen atoms in total. The van der Waals surface area contributed by atoms with E-state index in [0.717, 1.165) is 35.6 Å². The van der Waals surface area contributed by atoms with E-state index in [1.807, 2.05) is 0 Å². The van der Waals surface area contributed by atoms with Crippen molar-refractivity contribution in [2.24, 2.45) is 0 Å². The van der Waals surface area contributed by atoms with Crippen LogP contribution in [0.1, 0.15) is 0 Å². The first-order chi connectivity index (χ1) is 6.83. The summed E-state index contributed by atoms with van der Waals surface area (Å²) in [6.45, 7) is 4.13. The van der Waals surface area contributed by atoms with Crippen molar-refractivity contribution in [2.75, 3.05) is 31.1 Å². The Labute approximate surface area is 91.4 Å². The van der Waals surface area contributed by atoms with Crippen LogP contribution in [0, 0.1) is 0 Å². The Hall–Kier alpha value is -0.580. The molecule has 0 unspecified atom stereocenters. The Morgan fingerprint density at radius 1 is 1.36 bits per heavy atom. The number of nitrogens with one attached hydrogen (secondary N) is 1. The van der Waals surface area contributed by atoms with E-state index in [-0.39, 0.29) is 0 Å². The second kappa shape index (κ2) is 3.22. The van der Waals surface area contributed by atoms with Gasteiger partial charge >= 0.3 is 0 Å². The summed E-state index contributed by atoms with van der Waals surface area (Å²) >= 11 is 7.42. The maximum Gasteiger partial charge on any atom is 0.187 e. The number of hydrogen-bond donors (Lipinski definition) is 1. The Morgan fingerprint density at radius 3 is 2.64 bits per heavy atom. The highest BCUT2D eigenvalue weighted by Gasteiger charge is 2.26. The third kappa shape index (κ3) is 1.34. The normalized spacial score (nSPS) is 20.8. The summed E-state index contributed by atoms with van der Waals surface area (Å²) in [5, 5.41) is 4.40. The highest BCUT2D eigenvalue weighted by Crippen LogP contribution is 2.31. The summed E-state index contributed by atoms with van der Waals surface area (Å²) in [5.41, 5.74) is 3.08. The average Bonchev–Trinajstić information content (AvgIpc) is 2.75. The minimum Gasteiger partial charge on any atom is -0.340 e. The molecular weight excluding hydrogens is 218 g/mol. The largest absolute Gasteiger partial charge is 0.340 e. The zero-order valence-corrected chi connectivity index (χ0v) is 9.16. The number of halogens is 1. The maximum absolute atomic E-state index is 5.86. The molecule has 0 spiro atoms. The van der Waals surface area contributed by atoms with Crippen LogP contribution in [0.15, 0.2) is 17.3 Å². The van der Waals surface area contributed by atoms with E-state index in [1.165, 1.54) is 11.1 Å². The number of rotatable bonds is 1.